The van der Waals surface area contributed by atoms with Crippen molar-refractivity contribution in [1.29, 1.82) is 0 Å². The molecule has 1 atom stereocenters. The van der Waals surface area contributed by atoms with E-state index in [0.29, 0.717) is 0 Å². The summed E-state index contributed by atoms with van der Waals surface area (Å²) in [5, 5.41) is 3.37. The summed E-state index contributed by atoms with van der Waals surface area (Å²) in [5.74, 6) is -0.266. The number of nitrogens with zero attached hydrogens (tertiary/aromatic N) is 1. The molecule has 1 aliphatic heterocycles. The number of methoxy groups -OCH3 is 2. The number of hydrogen-bond acceptors (Lipinski definition) is 5. The highest BCUT2D eigenvalue weighted by Crippen LogP contribution is 2.31. The fourth-order valence-corrected chi connectivity index (χ4v) is 2.98. The van der Waals surface area contributed by atoms with E-state index in [4.69, 9.17) is 9.47 Å². The largest absolute Gasteiger partial charge is 0.467 e. The van der Waals surface area contributed by atoms with Crippen molar-refractivity contribution in [3.05, 3.63) is 35.9 Å². The molecule has 1 N–H and O–H groups in total. The first-order valence-corrected chi connectivity index (χ1v) is 7.34. The van der Waals surface area contributed by atoms with E-state index in [1.54, 1.807) is 7.11 Å². The first-order chi connectivity index (χ1) is 10.3. The van der Waals surface area contributed by atoms with Crippen molar-refractivity contribution >= 4 is 5.97 Å². The van der Waals surface area contributed by atoms with Crippen LogP contribution < -0.4 is 5.32 Å². The Bertz CT molecular complexity index is 444. The number of esters is 1. The van der Waals surface area contributed by atoms with E-state index in [1.807, 2.05) is 30.3 Å². The molecule has 1 aromatic carbocycles. The van der Waals surface area contributed by atoms with E-state index in [-0.39, 0.29) is 12.6 Å². The van der Waals surface area contributed by atoms with Gasteiger partial charge in [0, 0.05) is 26.7 Å². The predicted molar refractivity (Wildman–Crippen MR) is 81.1 cm³/mol. The Morgan fingerprint density at radius 1 is 1.24 bits per heavy atom. The molecular formula is C16H24N2O3. The van der Waals surface area contributed by atoms with E-state index < -0.39 is 5.54 Å². The van der Waals surface area contributed by atoms with Crippen LogP contribution >= 0.6 is 0 Å². The highest BCUT2D eigenvalue weighted by atomic mass is 16.5. The minimum absolute atomic E-state index is 0.266. The lowest BCUT2D eigenvalue weighted by molar-refractivity contribution is -0.160. The van der Waals surface area contributed by atoms with Crippen molar-refractivity contribution in [2.24, 2.45) is 0 Å². The predicted octanol–water partition coefficient (Wildman–Crippen LogP) is 0.997. The van der Waals surface area contributed by atoms with Crippen molar-refractivity contribution in [1.82, 2.24) is 10.2 Å². The monoisotopic (exact) mass is 292 g/mol. The molecule has 0 amide bonds. The van der Waals surface area contributed by atoms with E-state index in [0.717, 1.165) is 38.2 Å². The van der Waals surface area contributed by atoms with Crippen LogP contribution in [0.5, 0.6) is 0 Å². The zero-order chi connectivity index (χ0) is 15.1. The van der Waals surface area contributed by atoms with Crippen molar-refractivity contribution in [3.8, 4) is 0 Å². The maximum Gasteiger partial charge on any atom is 0.333 e. The van der Waals surface area contributed by atoms with Gasteiger partial charge in [0.2, 0.25) is 0 Å². The summed E-state index contributed by atoms with van der Waals surface area (Å²) in [6.45, 7) is 3.72. The minimum Gasteiger partial charge on any atom is -0.467 e. The summed E-state index contributed by atoms with van der Waals surface area (Å²) >= 11 is 0. The standard InChI is InChI=1S/C16H24N2O3/c1-20-13-16(15(19)21-2,14-7-4-3-5-8-14)18-11-6-9-17-10-12-18/h3-5,7-8,17H,6,9-13H2,1-2H3. The van der Waals surface area contributed by atoms with Gasteiger partial charge in [-0.3, -0.25) is 4.90 Å². The molecule has 1 aliphatic rings. The van der Waals surface area contributed by atoms with Gasteiger partial charge in [-0.25, -0.2) is 4.79 Å². The molecule has 116 valence electrons. The molecule has 1 unspecified atom stereocenters. The third kappa shape index (κ3) is 3.26. The number of hydrogen-bond donors (Lipinski definition) is 1. The SMILES string of the molecule is COCC(C(=O)OC)(c1ccccc1)N1CCCNCC1. The number of ether oxygens (including phenoxy) is 2. The molecule has 0 saturated carbocycles. The molecule has 21 heavy (non-hydrogen) atoms. The summed E-state index contributed by atoms with van der Waals surface area (Å²) in [4.78, 5) is 14.8. The van der Waals surface area contributed by atoms with Gasteiger partial charge >= 0.3 is 5.97 Å². The fourth-order valence-electron chi connectivity index (χ4n) is 2.98. The quantitative estimate of drug-likeness (QED) is 0.821. The smallest absolute Gasteiger partial charge is 0.333 e. The first-order valence-electron chi connectivity index (χ1n) is 7.34. The Kier molecular flexibility index (Phi) is 5.73. The molecular weight excluding hydrogens is 268 g/mol. The fraction of sp³-hybridized carbons (Fsp3) is 0.562. The molecule has 0 aliphatic carbocycles. The minimum atomic E-state index is -0.878. The van der Waals surface area contributed by atoms with Crippen LogP contribution in [-0.4, -0.2) is 57.9 Å². The van der Waals surface area contributed by atoms with Crippen LogP contribution in [0.4, 0.5) is 0 Å². The number of carbonyl (C=O) groups is 1. The van der Waals surface area contributed by atoms with Gasteiger partial charge in [0.1, 0.15) is 0 Å². The second-order valence-electron chi connectivity index (χ2n) is 5.24. The van der Waals surface area contributed by atoms with Gasteiger partial charge in [-0.05, 0) is 18.5 Å². The molecule has 0 aromatic heterocycles. The van der Waals surface area contributed by atoms with Gasteiger partial charge < -0.3 is 14.8 Å². The van der Waals surface area contributed by atoms with Gasteiger partial charge in [0.25, 0.3) is 0 Å². The maximum absolute atomic E-state index is 12.7. The number of benzene rings is 1. The van der Waals surface area contributed by atoms with Crippen molar-refractivity contribution in [2.45, 2.75) is 12.0 Å². The van der Waals surface area contributed by atoms with Crippen molar-refractivity contribution < 1.29 is 14.3 Å². The van der Waals surface area contributed by atoms with Crippen LogP contribution in [0.1, 0.15) is 12.0 Å². The highest BCUT2D eigenvalue weighted by molar-refractivity contribution is 5.83. The van der Waals surface area contributed by atoms with E-state index in [9.17, 15) is 4.79 Å². The van der Waals surface area contributed by atoms with Crippen LogP contribution in [0.15, 0.2) is 30.3 Å². The lowest BCUT2D eigenvalue weighted by Crippen LogP contribution is -2.56. The Hall–Kier alpha value is -1.43. The molecule has 1 aromatic rings. The van der Waals surface area contributed by atoms with Crippen LogP contribution in [-0.2, 0) is 19.8 Å². The zero-order valence-electron chi connectivity index (χ0n) is 12.8. The van der Waals surface area contributed by atoms with Crippen LogP contribution in [0.3, 0.4) is 0 Å². The van der Waals surface area contributed by atoms with Gasteiger partial charge in [0.15, 0.2) is 5.54 Å². The van der Waals surface area contributed by atoms with Crippen molar-refractivity contribution in [3.63, 3.8) is 0 Å². The summed E-state index contributed by atoms with van der Waals surface area (Å²) in [5.41, 5.74) is 0.0390. The van der Waals surface area contributed by atoms with Crippen LogP contribution in [0.2, 0.25) is 0 Å². The number of rotatable bonds is 5. The molecule has 5 nitrogen and oxygen atoms in total. The van der Waals surface area contributed by atoms with E-state index in [2.05, 4.69) is 10.2 Å². The lowest BCUT2D eigenvalue weighted by Gasteiger charge is -2.40. The third-order valence-electron chi connectivity index (χ3n) is 4.01. The average Bonchev–Trinajstić information content (AvgIpc) is 2.82. The summed E-state index contributed by atoms with van der Waals surface area (Å²) in [6, 6.07) is 9.77. The summed E-state index contributed by atoms with van der Waals surface area (Å²) < 4.78 is 10.6. The molecule has 1 heterocycles. The second-order valence-corrected chi connectivity index (χ2v) is 5.24. The van der Waals surface area contributed by atoms with Crippen LogP contribution in [0, 0.1) is 0 Å². The second kappa shape index (κ2) is 7.54. The Morgan fingerprint density at radius 3 is 2.67 bits per heavy atom. The average molecular weight is 292 g/mol. The van der Waals surface area contributed by atoms with Gasteiger partial charge in [-0.2, -0.15) is 0 Å². The molecule has 1 fully saturated rings. The van der Waals surface area contributed by atoms with E-state index in [1.165, 1.54) is 7.11 Å². The highest BCUT2D eigenvalue weighted by Gasteiger charge is 2.47. The Balaban J connectivity index is 2.46. The van der Waals surface area contributed by atoms with Crippen molar-refractivity contribution in [2.75, 3.05) is 47.0 Å². The number of carbonyl (C=O) groups excluding carboxylic acids is 1. The molecule has 0 radical (unpaired) electrons. The van der Waals surface area contributed by atoms with Crippen LogP contribution in [0.25, 0.3) is 0 Å². The molecule has 0 bridgehead atoms. The lowest BCUT2D eigenvalue weighted by atomic mass is 9.88. The Labute approximate surface area is 126 Å². The summed E-state index contributed by atoms with van der Waals surface area (Å²) in [6.07, 6.45) is 0.995. The topological polar surface area (TPSA) is 50.8 Å². The molecule has 5 heteroatoms. The van der Waals surface area contributed by atoms with E-state index >= 15 is 0 Å². The normalized spacial score (nSPS) is 19.5. The Morgan fingerprint density at radius 2 is 2.00 bits per heavy atom. The molecule has 1 saturated heterocycles. The number of nitrogens with one attached hydrogen (secondary N) is 1. The van der Waals surface area contributed by atoms with Gasteiger partial charge in [-0.15, -0.1) is 0 Å². The summed E-state index contributed by atoms with van der Waals surface area (Å²) in [7, 11) is 3.06. The van der Waals surface area contributed by atoms with Gasteiger partial charge in [-0.1, -0.05) is 30.3 Å². The molecule has 2 rings (SSSR count). The molecule has 0 spiro atoms. The maximum atomic E-state index is 12.7. The zero-order valence-corrected chi connectivity index (χ0v) is 12.8. The van der Waals surface area contributed by atoms with Gasteiger partial charge in [0.05, 0.1) is 13.7 Å². The third-order valence-corrected chi connectivity index (χ3v) is 4.01. The first kappa shape index (κ1) is 15.9.